The van der Waals surface area contributed by atoms with Crippen LogP contribution in [0, 0.1) is 33.5 Å². The van der Waals surface area contributed by atoms with Crippen molar-refractivity contribution < 1.29 is 38.1 Å². The molecule has 1 aromatic rings. The van der Waals surface area contributed by atoms with Gasteiger partial charge in [0.1, 0.15) is 17.8 Å². The molecule has 1 spiro atoms. The summed E-state index contributed by atoms with van der Waals surface area (Å²) in [6.07, 6.45) is 4.57. The maximum atomic E-state index is 13.2. The first kappa shape index (κ1) is 23.9. The SMILES string of the molecule is CC(=O)OC1C2C(C)(C)C(=O)C=CC2(C)C2CCC3(C)C(c4ccoc4)OC(=O)C4OC43C2(C)C1O. The normalized spacial score (nSPS) is 50.2. The molecular weight excluding hydrogens is 464 g/mol. The van der Waals surface area contributed by atoms with Crippen molar-refractivity contribution in [1.82, 2.24) is 0 Å². The Morgan fingerprint density at radius 3 is 2.50 bits per heavy atom. The number of rotatable bonds is 2. The third-order valence-electron chi connectivity index (χ3n) is 10.8. The number of hydrogen-bond acceptors (Lipinski definition) is 8. The van der Waals surface area contributed by atoms with Crippen LogP contribution in [0.3, 0.4) is 0 Å². The van der Waals surface area contributed by atoms with Crippen LogP contribution in [0.2, 0.25) is 0 Å². The van der Waals surface area contributed by atoms with Crippen LogP contribution in [-0.4, -0.2) is 46.7 Å². The number of esters is 2. The zero-order valence-electron chi connectivity index (χ0n) is 21.6. The second-order valence-electron chi connectivity index (χ2n) is 12.7. The molecule has 2 aliphatic heterocycles. The van der Waals surface area contributed by atoms with E-state index in [4.69, 9.17) is 18.6 Å². The summed E-state index contributed by atoms with van der Waals surface area (Å²) in [5, 5.41) is 12.2. The summed E-state index contributed by atoms with van der Waals surface area (Å²) in [5.74, 6) is -1.63. The number of hydrogen-bond donors (Lipinski definition) is 1. The molecule has 3 aliphatic carbocycles. The predicted molar refractivity (Wildman–Crippen MR) is 125 cm³/mol. The standard InChI is InChI=1S/C28H34O8/c1-14(29)34-18-19-24(2,3)17(30)8-10-25(19,4)16-7-11-26(5)21(15-9-12-33-13-15)35-23(32)22-28(26,36-22)27(16,6)20(18)31/h8-10,12-13,16,18-22,31H,7,11H2,1-6H3. The molecular formula is C28H34O8. The van der Waals surface area contributed by atoms with Gasteiger partial charge in [0.25, 0.3) is 0 Å². The first-order chi connectivity index (χ1) is 16.8. The van der Waals surface area contributed by atoms with E-state index in [1.54, 1.807) is 24.7 Å². The van der Waals surface area contributed by atoms with Gasteiger partial charge in [-0.15, -0.1) is 0 Å². The molecule has 10 unspecified atom stereocenters. The maximum Gasteiger partial charge on any atom is 0.339 e. The highest BCUT2D eigenvalue weighted by Crippen LogP contribution is 2.79. The van der Waals surface area contributed by atoms with E-state index in [0.717, 1.165) is 5.56 Å². The lowest BCUT2D eigenvalue weighted by atomic mass is 9.35. The van der Waals surface area contributed by atoms with Crippen LogP contribution in [0.5, 0.6) is 0 Å². The van der Waals surface area contributed by atoms with E-state index >= 15 is 0 Å². The number of fused-ring (bicyclic) bond motifs is 3. The lowest BCUT2D eigenvalue weighted by Crippen LogP contribution is -2.76. The van der Waals surface area contributed by atoms with Gasteiger partial charge in [0.05, 0.1) is 18.6 Å². The number of cyclic esters (lactones) is 1. The van der Waals surface area contributed by atoms with Crippen LogP contribution in [-0.2, 0) is 28.6 Å². The van der Waals surface area contributed by atoms with Gasteiger partial charge in [0.2, 0.25) is 0 Å². The minimum Gasteiger partial charge on any atom is -0.472 e. The van der Waals surface area contributed by atoms with Gasteiger partial charge in [0.15, 0.2) is 11.9 Å². The molecule has 36 heavy (non-hydrogen) atoms. The fraction of sp³-hybridized carbons (Fsp3) is 0.679. The summed E-state index contributed by atoms with van der Waals surface area (Å²) in [6, 6.07) is 1.79. The zero-order valence-corrected chi connectivity index (χ0v) is 21.6. The summed E-state index contributed by atoms with van der Waals surface area (Å²) >= 11 is 0. The van der Waals surface area contributed by atoms with Gasteiger partial charge in [-0.2, -0.15) is 0 Å². The average molecular weight is 499 g/mol. The third kappa shape index (κ3) is 2.45. The van der Waals surface area contributed by atoms with Crippen molar-refractivity contribution in [2.75, 3.05) is 0 Å². The van der Waals surface area contributed by atoms with Crippen molar-refractivity contribution in [3.05, 3.63) is 36.3 Å². The molecule has 0 bridgehead atoms. The van der Waals surface area contributed by atoms with E-state index in [1.165, 1.54) is 6.92 Å². The Kier molecular flexibility index (Phi) is 4.58. The summed E-state index contributed by atoms with van der Waals surface area (Å²) in [5.41, 5.74) is -3.38. The van der Waals surface area contributed by atoms with Crippen molar-refractivity contribution in [2.24, 2.45) is 33.5 Å². The van der Waals surface area contributed by atoms with Gasteiger partial charge in [-0.25, -0.2) is 4.79 Å². The van der Waals surface area contributed by atoms with Gasteiger partial charge in [-0.05, 0) is 36.3 Å². The Hall–Kier alpha value is -2.45. The fourth-order valence-electron chi connectivity index (χ4n) is 9.34. The van der Waals surface area contributed by atoms with Crippen molar-refractivity contribution in [1.29, 1.82) is 0 Å². The smallest absolute Gasteiger partial charge is 0.339 e. The maximum absolute atomic E-state index is 13.2. The summed E-state index contributed by atoms with van der Waals surface area (Å²) in [7, 11) is 0. The fourth-order valence-corrected chi connectivity index (χ4v) is 9.34. The zero-order chi connectivity index (χ0) is 26.1. The van der Waals surface area contributed by atoms with Crippen LogP contribution in [0.25, 0.3) is 0 Å². The van der Waals surface area contributed by atoms with Crippen LogP contribution >= 0.6 is 0 Å². The van der Waals surface area contributed by atoms with Crippen molar-refractivity contribution in [2.45, 2.75) is 84.4 Å². The lowest BCUT2D eigenvalue weighted by Gasteiger charge is -2.69. The molecule has 3 heterocycles. The number of ketones is 1. The van der Waals surface area contributed by atoms with E-state index in [9.17, 15) is 19.5 Å². The topological polar surface area (TPSA) is 116 Å². The van der Waals surface area contributed by atoms with E-state index in [2.05, 4.69) is 13.8 Å². The molecule has 0 radical (unpaired) electrons. The minimum atomic E-state index is -1.16. The molecule has 2 saturated carbocycles. The highest BCUT2D eigenvalue weighted by atomic mass is 16.7. The second-order valence-corrected chi connectivity index (χ2v) is 12.7. The van der Waals surface area contributed by atoms with Gasteiger partial charge in [-0.3, -0.25) is 9.59 Å². The number of aliphatic hydroxyl groups excluding tert-OH is 1. The quantitative estimate of drug-likeness (QED) is 0.486. The molecule has 10 atom stereocenters. The third-order valence-corrected chi connectivity index (χ3v) is 10.8. The Balaban J connectivity index is 1.57. The molecule has 1 N–H and O–H groups in total. The van der Waals surface area contributed by atoms with Gasteiger partial charge < -0.3 is 23.7 Å². The predicted octanol–water partition coefficient (Wildman–Crippen LogP) is 3.53. The monoisotopic (exact) mass is 498 g/mol. The Bertz CT molecular complexity index is 1180. The molecule has 0 aromatic carbocycles. The molecule has 6 rings (SSSR count). The second kappa shape index (κ2) is 6.90. The summed E-state index contributed by atoms with van der Waals surface area (Å²) in [4.78, 5) is 38.6. The first-order valence-corrected chi connectivity index (χ1v) is 12.8. The molecule has 0 amide bonds. The summed E-state index contributed by atoms with van der Waals surface area (Å²) < 4.78 is 23.5. The molecule has 4 fully saturated rings. The molecule has 8 heteroatoms. The molecule has 2 saturated heterocycles. The van der Waals surface area contributed by atoms with Gasteiger partial charge in [0, 0.05) is 34.7 Å². The van der Waals surface area contributed by atoms with E-state index in [-0.39, 0.29) is 11.7 Å². The highest BCUT2D eigenvalue weighted by Gasteiger charge is 2.89. The van der Waals surface area contributed by atoms with Crippen LogP contribution in [0.4, 0.5) is 0 Å². The van der Waals surface area contributed by atoms with Crippen molar-refractivity contribution in [3.63, 3.8) is 0 Å². The van der Waals surface area contributed by atoms with Gasteiger partial charge in [-0.1, -0.05) is 40.7 Å². The number of carbonyl (C=O) groups is 3. The van der Waals surface area contributed by atoms with Gasteiger partial charge >= 0.3 is 11.9 Å². The Labute approximate surface area is 210 Å². The molecule has 194 valence electrons. The number of furan rings is 1. The highest BCUT2D eigenvalue weighted by molar-refractivity contribution is 5.96. The van der Waals surface area contributed by atoms with E-state index in [0.29, 0.717) is 12.8 Å². The van der Waals surface area contributed by atoms with Crippen molar-refractivity contribution >= 4 is 17.7 Å². The van der Waals surface area contributed by atoms with Crippen LogP contribution in [0.15, 0.2) is 35.2 Å². The number of ether oxygens (including phenoxy) is 3. The Morgan fingerprint density at radius 1 is 1.14 bits per heavy atom. The number of allylic oxidation sites excluding steroid dienone is 2. The lowest BCUT2D eigenvalue weighted by molar-refractivity contribution is -0.280. The number of epoxide rings is 1. The number of carbonyl (C=O) groups excluding carboxylic acids is 3. The van der Waals surface area contributed by atoms with E-state index in [1.807, 2.05) is 26.8 Å². The molecule has 8 nitrogen and oxygen atoms in total. The Morgan fingerprint density at radius 2 is 1.86 bits per heavy atom. The molecule has 5 aliphatic rings. The largest absolute Gasteiger partial charge is 0.472 e. The van der Waals surface area contributed by atoms with Crippen LogP contribution < -0.4 is 0 Å². The van der Waals surface area contributed by atoms with E-state index < -0.39 is 69.5 Å². The van der Waals surface area contributed by atoms with Crippen LogP contribution in [0.1, 0.15) is 66.1 Å². The average Bonchev–Trinajstić information content (AvgIpc) is 3.37. The van der Waals surface area contributed by atoms with Crippen molar-refractivity contribution in [3.8, 4) is 0 Å². The first-order valence-electron chi connectivity index (χ1n) is 12.8. The summed E-state index contributed by atoms with van der Waals surface area (Å²) in [6.45, 7) is 11.2. The molecule has 1 aromatic heterocycles. The minimum absolute atomic E-state index is 0.0569. The number of aliphatic hydroxyl groups is 1.